The lowest BCUT2D eigenvalue weighted by Gasteiger charge is -2.13. The van der Waals surface area contributed by atoms with Crippen LogP contribution in [0.25, 0.3) is 0 Å². The Bertz CT molecular complexity index is 901. The number of nitrogens with one attached hydrogen (secondary N) is 1. The normalized spacial score (nSPS) is 11.4. The van der Waals surface area contributed by atoms with Crippen molar-refractivity contribution in [2.45, 2.75) is 31.7 Å². The van der Waals surface area contributed by atoms with Crippen LogP contribution in [0.5, 0.6) is 5.88 Å². The Morgan fingerprint density at radius 3 is 2.56 bits per heavy atom. The van der Waals surface area contributed by atoms with Crippen LogP contribution in [0.2, 0.25) is 0 Å². The molecule has 0 spiro atoms. The topological polar surface area (TPSA) is 90.3 Å². The molecule has 0 fully saturated rings. The Morgan fingerprint density at radius 2 is 2.04 bits per heavy atom. The van der Waals surface area contributed by atoms with E-state index in [-0.39, 0.29) is 10.7 Å². The summed E-state index contributed by atoms with van der Waals surface area (Å²) in [4.78, 5) is 11.8. The summed E-state index contributed by atoms with van der Waals surface area (Å²) in [5.41, 5.74) is 2.57. The van der Waals surface area contributed by atoms with Crippen LogP contribution in [0, 0.1) is 0 Å². The molecule has 0 amide bonds. The third kappa shape index (κ3) is 4.01. The van der Waals surface area contributed by atoms with Gasteiger partial charge < -0.3 is 10.1 Å². The predicted octanol–water partition coefficient (Wildman–Crippen LogP) is 2.21. The van der Waals surface area contributed by atoms with Gasteiger partial charge in [-0.25, -0.2) is 13.1 Å². The summed E-state index contributed by atoms with van der Waals surface area (Å²) in [6, 6.07) is 4.54. The first-order chi connectivity index (χ1) is 11.7. The van der Waals surface area contributed by atoms with Gasteiger partial charge in [0.1, 0.15) is 0 Å². The fourth-order valence-corrected chi connectivity index (χ4v) is 3.56. The highest BCUT2D eigenvalue weighted by Crippen LogP contribution is 2.27. The van der Waals surface area contributed by atoms with Crippen LogP contribution in [0.3, 0.4) is 0 Å². The second-order valence-electron chi connectivity index (χ2n) is 5.80. The van der Waals surface area contributed by atoms with E-state index < -0.39 is 9.84 Å². The van der Waals surface area contributed by atoms with Crippen molar-refractivity contribution in [1.29, 1.82) is 0 Å². The molecular formula is C17H23N3O4S. The highest BCUT2D eigenvalue weighted by molar-refractivity contribution is 7.90. The van der Waals surface area contributed by atoms with E-state index in [0.717, 1.165) is 23.9 Å². The van der Waals surface area contributed by atoms with Crippen molar-refractivity contribution >= 4 is 21.3 Å². The molecule has 1 heterocycles. The zero-order chi connectivity index (χ0) is 18.8. The molecule has 136 valence electrons. The van der Waals surface area contributed by atoms with Crippen molar-refractivity contribution < 1.29 is 17.9 Å². The smallest absolute Gasteiger partial charge is 0.216 e. The summed E-state index contributed by atoms with van der Waals surface area (Å²) < 4.78 is 31.1. The van der Waals surface area contributed by atoms with Crippen LogP contribution >= 0.6 is 0 Å². The number of aromatic nitrogens is 2. The van der Waals surface area contributed by atoms with Gasteiger partial charge in [-0.1, -0.05) is 6.92 Å². The summed E-state index contributed by atoms with van der Waals surface area (Å²) in [5.74, 6) is 0.490. The number of anilines is 1. The number of carbonyl (C=O) groups is 1. The molecule has 7 nitrogen and oxygen atoms in total. The summed E-state index contributed by atoms with van der Waals surface area (Å²) in [6.45, 7) is 3.77. The highest BCUT2D eigenvalue weighted by atomic mass is 32.2. The zero-order valence-electron chi connectivity index (χ0n) is 15.1. The fraction of sp³-hybridized carbons (Fsp3) is 0.412. The van der Waals surface area contributed by atoms with Gasteiger partial charge >= 0.3 is 0 Å². The van der Waals surface area contributed by atoms with E-state index in [1.807, 2.05) is 6.92 Å². The van der Waals surface area contributed by atoms with Gasteiger partial charge in [-0.15, -0.1) is 0 Å². The Balaban J connectivity index is 2.44. The number of ether oxygens (including phenoxy) is 1. The molecule has 1 N–H and O–H groups in total. The first-order valence-corrected chi connectivity index (χ1v) is 9.75. The van der Waals surface area contributed by atoms with Gasteiger partial charge in [0.25, 0.3) is 0 Å². The Morgan fingerprint density at radius 1 is 1.36 bits per heavy atom. The average molecular weight is 365 g/mol. The van der Waals surface area contributed by atoms with Crippen LogP contribution in [-0.2, 0) is 29.9 Å². The van der Waals surface area contributed by atoms with Gasteiger partial charge in [-0.3, -0.25) is 4.79 Å². The van der Waals surface area contributed by atoms with Gasteiger partial charge in [0.05, 0.1) is 29.0 Å². The first-order valence-electron chi connectivity index (χ1n) is 7.86. The van der Waals surface area contributed by atoms with Gasteiger partial charge in [-0.05, 0) is 31.5 Å². The van der Waals surface area contributed by atoms with Crippen molar-refractivity contribution in [3.05, 3.63) is 35.0 Å². The first kappa shape index (κ1) is 19.0. The minimum Gasteiger partial charge on any atom is -0.481 e. The minimum atomic E-state index is -3.43. The summed E-state index contributed by atoms with van der Waals surface area (Å²) in [5, 5.41) is 7.54. The van der Waals surface area contributed by atoms with E-state index >= 15 is 0 Å². The summed E-state index contributed by atoms with van der Waals surface area (Å²) in [7, 11) is -0.0732. The van der Waals surface area contributed by atoms with Gasteiger partial charge in [0, 0.05) is 25.4 Å². The van der Waals surface area contributed by atoms with Crippen molar-refractivity contribution in [3.63, 3.8) is 0 Å². The molecule has 0 aliphatic heterocycles. The SMILES string of the molecule is CCc1nn(C)c(OC)c1CNc1cc(C(C)=O)ccc1S(C)(=O)=O. The molecular weight excluding hydrogens is 342 g/mol. The predicted molar refractivity (Wildman–Crippen MR) is 96.0 cm³/mol. The third-order valence-electron chi connectivity index (χ3n) is 3.94. The number of sulfone groups is 1. The second-order valence-corrected chi connectivity index (χ2v) is 7.79. The average Bonchev–Trinajstić information content (AvgIpc) is 2.86. The van der Waals surface area contributed by atoms with Gasteiger partial charge in [0.2, 0.25) is 5.88 Å². The number of hydrogen-bond donors (Lipinski definition) is 1. The molecule has 8 heteroatoms. The molecule has 0 bridgehead atoms. The lowest BCUT2D eigenvalue weighted by atomic mass is 10.1. The standard InChI is InChI=1S/C17H23N3O4S/c1-6-14-13(17(24-4)20(3)19-14)10-18-15-9-12(11(2)21)7-8-16(15)25(5,22)23/h7-9,18H,6,10H2,1-5H3. The van der Waals surface area contributed by atoms with Crippen LogP contribution in [0.1, 0.15) is 35.5 Å². The lowest BCUT2D eigenvalue weighted by molar-refractivity contribution is 0.101. The molecule has 0 atom stereocenters. The highest BCUT2D eigenvalue weighted by Gasteiger charge is 2.19. The molecule has 0 aliphatic carbocycles. The zero-order valence-corrected chi connectivity index (χ0v) is 15.9. The quantitative estimate of drug-likeness (QED) is 0.757. The molecule has 0 saturated heterocycles. The van der Waals surface area contributed by atoms with Gasteiger partial charge in [-0.2, -0.15) is 5.10 Å². The number of rotatable bonds is 7. The number of Topliss-reactive ketones (excluding diaryl/α,β-unsaturated/α-hetero) is 1. The Hall–Kier alpha value is -2.35. The maximum atomic E-state index is 12.0. The fourth-order valence-electron chi connectivity index (χ4n) is 2.72. The number of methoxy groups -OCH3 is 1. The van der Waals surface area contributed by atoms with E-state index in [9.17, 15) is 13.2 Å². The molecule has 1 aromatic carbocycles. The van der Waals surface area contributed by atoms with E-state index in [2.05, 4.69) is 10.4 Å². The van der Waals surface area contributed by atoms with E-state index in [0.29, 0.717) is 23.7 Å². The van der Waals surface area contributed by atoms with Crippen LogP contribution < -0.4 is 10.1 Å². The maximum Gasteiger partial charge on any atom is 0.216 e. The second kappa shape index (κ2) is 7.26. The Kier molecular flexibility index (Phi) is 5.52. The van der Waals surface area contributed by atoms with Crippen molar-refractivity contribution in [2.75, 3.05) is 18.7 Å². The van der Waals surface area contributed by atoms with Crippen molar-refractivity contribution in [2.24, 2.45) is 7.05 Å². The van der Waals surface area contributed by atoms with Crippen LogP contribution in [-0.4, -0.2) is 37.3 Å². The molecule has 0 radical (unpaired) electrons. The molecule has 0 aliphatic rings. The molecule has 2 rings (SSSR count). The molecule has 1 aromatic heterocycles. The molecule has 0 saturated carbocycles. The van der Waals surface area contributed by atoms with E-state index in [1.54, 1.807) is 24.9 Å². The number of benzene rings is 1. The van der Waals surface area contributed by atoms with E-state index in [4.69, 9.17) is 4.74 Å². The van der Waals surface area contributed by atoms with Crippen LogP contribution in [0.4, 0.5) is 5.69 Å². The monoisotopic (exact) mass is 365 g/mol. The molecule has 2 aromatic rings. The maximum absolute atomic E-state index is 12.0. The molecule has 25 heavy (non-hydrogen) atoms. The van der Waals surface area contributed by atoms with Crippen LogP contribution in [0.15, 0.2) is 23.1 Å². The van der Waals surface area contributed by atoms with Crippen molar-refractivity contribution in [1.82, 2.24) is 9.78 Å². The third-order valence-corrected chi connectivity index (χ3v) is 5.10. The number of nitrogens with zero attached hydrogens (tertiary/aromatic N) is 2. The molecule has 0 unspecified atom stereocenters. The number of hydrogen-bond acceptors (Lipinski definition) is 6. The van der Waals surface area contributed by atoms with E-state index in [1.165, 1.54) is 19.1 Å². The Labute approximate surface area is 147 Å². The lowest BCUT2D eigenvalue weighted by Crippen LogP contribution is -2.09. The summed E-state index contributed by atoms with van der Waals surface area (Å²) >= 11 is 0. The van der Waals surface area contributed by atoms with Gasteiger partial charge in [0.15, 0.2) is 15.6 Å². The number of carbonyl (C=O) groups excluding carboxylic acids is 1. The minimum absolute atomic E-state index is 0.128. The largest absolute Gasteiger partial charge is 0.481 e. The number of ketones is 1. The van der Waals surface area contributed by atoms with Crippen molar-refractivity contribution in [3.8, 4) is 5.88 Å². The summed E-state index contributed by atoms with van der Waals surface area (Å²) in [6.07, 6.45) is 1.86. The number of aryl methyl sites for hydroxylation is 2.